The van der Waals surface area contributed by atoms with Gasteiger partial charge in [0.15, 0.2) is 0 Å². The Morgan fingerprint density at radius 3 is 2.72 bits per heavy atom. The molecule has 1 aromatic carbocycles. The maximum Gasteiger partial charge on any atom is 0.250 e. The predicted octanol–water partition coefficient (Wildman–Crippen LogP) is 1.78. The highest BCUT2D eigenvalue weighted by Gasteiger charge is 2.25. The predicted molar refractivity (Wildman–Crippen MR) is 109 cm³/mol. The van der Waals surface area contributed by atoms with Crippen molar-refractivity contribution in [3.63, 3.8) is 0 Å². The smallest absolute Gasteiger partial charge is 0.250 e. The molecule has 0 amide bonds. The van der Waals surface area contributed by atoms with Crippen molar-refractivity contribution in [3.8, 4) is 11.3 Å². The summed E-state index contributed by atoms with van der Waals surface area (Å²) in [6.07, 6.45) is 3.27. The minimum atomic E-state index is -3.77. The number of pyridine rings is 1. The van der Waals surface area contributed by atoms with Gasteiger partial charge in [0.1, 0.15) is 4.90 Å². The number of nitrogens with zero attached hydrogens (tertiary/aromatic N) is 4. The Bertz CT molecular complexity index is 1370. The van der Waals surface area contributed by atoms with Crippen LogP contribution in [0, 0.1) is 6.92 Å². The van der Waals surface area contributed by atoms with Crippen LogP contribution in [0.25, 0.3) is 22.2 Å². The maximum atomic E-state index is 13.2. The van der Waals surface area contributed by atoms with Crippen LogP contribution < -0.4 is 5.56 Å². The van der Waals surface area contributed by atoms with Crippen LogP contribution in [0.15, 0.2) is 52.4 Å². The molecule has 9 nitrogen and oxygen atoms in total. The number of hydrogen-bond donors (Lipinski definition) is 2. The van der Waals surface area contributed by atoms with Gasteiger partial charge in [-0.1, -0.05) is 0 Å². The van der Waals surface area contributed by atoms with Crippen LogP contribution in [0.3, 0.4) is 0 Å². The van der Waals surface area contributed by atoms with Crippen molar-refractivity contribution >= 4 is 20.9 Å². The van der Waals surface area contributed by atoms with Gasteiger partial charge in [0, 0.05) is 37.3 Å². The van der Waals surface area contributed by atoms with Crippen LogP contribution in [0.5, 0.6) is 0 Å². The van der Waals surface area contributed by atoms with Crippen LogP contribution in [0.1, 0.15) is 11.3 Å². The summed E-state index contributed by atoms with van der Waals surface area (Å²) in [6, 6.07) is 8.53. The topological polar surface area (TPSA) is 117 Å². The molecular formula is C19H20N6O3S. The highest BCUT2D eigenvalue weighted by molar-refractivity contribution is 7.89. The summed E-state index contributed by atoms with van der Waals surface area (Å²) in [6.45, 7) is 1.92. The zero-order chi connectivity index (χ0) is 20.8. The minimum Gasteiger partial charge on any atom is -0.319 e. The van der Waals surface area contributed by atoms with Crippen LogP contribution in [0.2, 0.25) is 0 Å². The van der Waals surface area contributed by atoms with Crippen molar-refractivity contribution < 1.29 is 8.42 Å². The van der Waals surface area contributed by atoms with Crippen molar-refractivity contribution in [1.29, 1.82) is 0 Å². The van der Waals surface area contributed by atoms with Gasteiger partial charge in [-0.15, -0.1) is 0 Å². The molecule has 0 fully saturated rings. The first-order valence-corrected chi connectivity index (χ1v) is 10.3. The van der Waals surface area contributed by atoms with Gasteiger partial charge in [-0.3, -0.25) is 15.0 Å². The molecule has 3 heterocycles. The first-order valence-electron chi connectivity index (χ1n) is 8.87. The van der Waals surface area contributed by atoms with E-state index in [0.717, 1.165) is 10.9 Å². The van der Waals surface area contributed by atoms with Crippen molar-refractivity contribution in [2.75, 3.05) is 7.05 Å². The Kier molecular flexibility index (Phi) is 4.59. The average Bonchev–Trinajstić information content (AvgIpc) is 3.32. The number of sulfonamides is 1. The number of aryl methyl sites for hydroxylation is 2. The van der Waals surface area contributed by atoms with Gasteiger partial charge >= 0.3 is 0 Å². The molecule has 4 aromatic rings. The Labute approximate surface area is 167 Å². The van der Waals surface area contributed by atoms with Gasteiger partial charge in [-0.05, 0) is 36.8 Å². The third kappa shape index (κ3) is 3.47. The number of hydrogen-bond acceptors (Lipinski definition) is 5. The standard InChI is InChI=1S/C19H20N6O3S/c1-12-6-14-10-20-23-19(14)17(7-12)29(27,28)25(3)11-15-9-16(22-21-15)13-4-5-24(2)18(26)8-13/h4-10H,11H2,1-3H3,(H,20,23)(H,21,22). The lowest BCUT2D eigenvalue weighted by molar-refractivity contribution is 0.462. The average molecular weight is 412 g/mol. The van der Waals surface area contributed by atoms with E-state index in [1.807, 2.05) is 13.0 Å². The molecule has 150 valence electrons. The normalized spacial score (nSPS) is 12.1. The van der Waals surface area contributed by atoms with E-state index in [4.69, 9.17) is 0 Å². The summed E-state index contributed by atoms with van der Waals surface area (Å²) in [5.74, 6) is 0. The summed E-state index contributed by atoms with van der Waals surface area (Å²) in [5, 5.41) is 14.5. The summed E-state index contributed by atoms with van der Waals surface area (Å²) in [7, 11) is -0.590. The van der Waals surface area contributed by atoms with Gasteiger partial charge in [-0.2, -0.15) is 14.5 Å². The number of nitrogens with one attached hydrogen (secondary N) is 2. The molecule has 0 radical (unpaired) electrons. The van der Waals surface area contributed by atoms with E-state index in [0.29, 0.717) is 22.5 Å². The zero-order valence-corrected chi connectivity index (χ0v) is 17.0. The highest BCUT2D eigenvalue weighted by atomic mass is 32.2. The third-order valence-electron chi connectivity index (χ3n) is 4.78. The molecule has 10 heteroatoms. The van der Waals surface area contributed by atoms with Gasteiger partial charge < -0.3 is 4.57 Å². The lowest BCUT2D eigenvalue weighted by Crippen LogP contribution is -2.27. The summed E-state index contributed by atoms with van der Waals surface area (Å²) < 4.78 is 29.0. The van der Waals surface area contributed by atoms with E-state index in [9.17, 15) is 13.2 Å². The number of rotatable bonds is 5. The molecule has 0 aliphatic carbocycles. The van der Waals surface area contributed by atoms with Crippen LogP contribution in [-0.2, 0) is 23.6 Å². The van der Waals surface area contributed by atoms with Crippen molar-refractivity contribution in [2.24, 2.45) is 7.05 Å². The monoisotopic (exact) mass is 412 g/mol. The van der Waals surface area contributed by atoms with Crippen LogP contribution in [-0.4, -0.2) is 44.7 Å². The van der Waals surface area contributed by atoms with Crippen molar-refractivity contribution in [1.82, 2.24) is 29.3 Å². The Morgan fingerprint density at radius 2 is 1.97 bits per heavy atom. The molecule has 0 unspecified atom stereocenters. The second-order valence-electron chi connectivity index (χ2n) is 7.00. The molecule has 0 bridgehead atoms. The lowest BCUT2D eigenvalue weighted by Gasteiger charge is -2.17. The van der Waals surface area contributed by atoms with E-state index in [2.05, 4.69) is 20.4 Å². The van der Waals surface area contributed by atoms with Crippen molar-refractivity contribution in [3.05, 3.63) is 64.3 Å². The first kappa shape index (κ1) is 19.1. The van der Waals surface area contributed by atoms with Crippen LogP contribution in [0.4, 0.5) is 0 Å². The number of benzene rings is 1. The van der Waals surface area contributed by atoms with Crippen molar-refractivity contribution in [2.45, 2.75) is 18.4 Å². The quantitative estimate of drug-likeness (QED) is 0.518. The van der Waals surface area contributed by atoms with E-state index in [1.54, 1.807) is 37.6 Å². The first-order chi connectivity index (χ1) is 13.8. The van der Waals surface area contributed by atoms with Gasteiger partial charge in [0.2, 0.25) is 10.0 Å². The molecule has 0 aliphatic rings. The van der Waals surface area contributed by atoms with E-state index in [1.165, 1.54) is 22.0 Å². The van der Waals surface area contributed by atoms with Gasteiger partial charge in [0.05, 0.1) is 29.6 Å². The van der Waals surface area contributed by atoms with E-state index in [-0.39, 0.29) is 17.0 Å². The van der Waals surface area contributed by atoms with Gasteiger partial charge in [-0.25, -0.2) is 8.42 Å². The zero-order valence-electron chi connectivity index (χ0n) is 16.2. The third-order valence-corrected chi connectivity index (χ3v) is 6.60. The second-order valence-corrected chi connectivity index (χ2v) is 9.01. The van der Waals surface area contributed by atoms with E-state index < -0.39 is 10.0 Å². The Morgan fingerprint density at radius 1 is 1.17 bits per heavy atom. The number of fused-ring (bicyclic) bond motifs is 1. The molecule has 3 aromatic heterocycles. The molecule has 29 heavy (non-hydrogen) atoms. The molecule has 0 spiro atoms. The van der Waals surface area contributed by atoms with Crippen LogP contribution >= 0.6 is 0 Å². The summed E-state index contributed by atoms with van der Waals surface area (Å²) in [4.78, 5) is 12.0. The number of aromatic amines is 2. The molecule has 0 saturated carbocycles. The number of aromatic nitrogens is 5. The molecule has 0 atom stereocenters. The minimum absolute atomic E-state index is 0.0766. The Hall–Kier alpha value is -3.24. The molecule has 4 rings (SSSR count). The summed E-state index contributed by atoms with van der Waals surface area (Å²) >= 11 is 0. The fraction of sp³-hybridized carbons (Fsp3) is 0.211. The second kappa shape index (κ2) is 6.98. The fourth-order valence-corrected chi connectivity index (χ4v) is 4.56. The number of H-pyrrole nitrogens is 2. The Balaban J connectivity index is 1.63. The largest absolute Gasteiger partial charge is 0.319 e. The van der Waals surface area contributed by atoms with E-state index >= 15 is 0 Å². The maximum absolute atomic E-state index is 13.2. The lowest BCUT2D eigenvalue weighted by atomic mass is 10.2. The molecule has 0 saturated heterocycles. The molecular weight excluding hydrogens is 392 g/mol. The highest BCUT2D eigenvalue weighted by Crippen LogP contribution is 2.26. The SMILES string of the molecule is Cc1cc(S(=O)(=O)N(C)Cc2cc(-c3ccn(C)c(=O)c3)[nH]n2)c2[nH]ncc2c1. The molecule has 2 N–H and O–H groups in total. The van der Waals surface area contributed by atoms with Gasteiger partial charge in [0.25, 0.3) is 5.56 Å². The molecule has 0 aliphatic heterocycles. The fourth-order valence-electron chi connectivity index (χ4n) is 3.16. The summed E-state index contributed by atoms with van der Waals surface area (Å²) in [5.41, 5.74) is 3.05.